The maximum Gasteiger partial charge on any atom is 0.453 e. The number of hydrogen-bond donors (Lipinski definition) is 2. The van der Waals surface area contributed by atoms with E-state index in [-0.39, 0.29) is 5.69 Å². The highest BCUT2D eigenvalue weighted by molar-refractivity contribution is 5.47. The summed E-state index contributed by atoms with van der Waals surface area (Å²) in [6, 6.07) is 4.23. The summed E-state index contributed by atoms with van der Waals surface area (Å²) in [4.78, 5) is 0. The smallest absolute Gasteiger partial charge is 0.453 e. The molecule has 1 aliphatic rings. The van der Waals surface area contributed by atoms with E-state index in [1.165, 1.54) is 25.3 Å². The van der Waals surface area contributed by atoms with Gasteiger partial charge in [-0.15, -0.1) is 5.10 Å². The van der Waals surface area contributed by atoms with Crippen LogP contribution in [0.15, 0.2) is 18.2 Å². The number of rotatable bonds is 3. The molecule has 130 valence electrons. The lowest BCUT2D eigenvalue weighted by Crippen LogP contribution is -2.21. The van der Waals surface area contributed by atoms with Gasteiger partial charge in [0.05, 0.1) is 25.0 Å². The molecule has 10 heteroatoms. The van der Waals surface area contributed by atoms with E-state index < -0.39 is 30.1 Å². The molecule has 3 rings (SSSR count). The van der Waals surface area contributed by atoms with Crippen molar-refractivity contribution in [1.29, 1.82) is 0 Å². The zero-order chi connectivity index (χ0) is 17.5. The number of hydrogen-bond acceptors (Lipinski definition) is 6. The Labute approximate surface area is 134 Å². The first kappa shape index (κ1) is 16.7. The highest BCUT2D eigenvalue weighted by Gasteiger charge is 2.40. The zero-order valence-corrected chi connectivity index (χ0v) is 12.6. The third-order valence-electron chi connectivity index (χ3n) is 4.13. The number of aliphatic hydroxyl groups is 2. The summed E-state index contributed by atoms with van der Waals surface area (Å²) in [5, 5.41) is 29.7. The topological polar surface area (TPSA) is 93.3 Å². The van der Waals surface area contributed by atoms with Crippen molar-refractivity contribution in [2.75, 3.05) is 7.11 Å². The monoisotopic (exact) mass is 344 g/mol. The highest BCUT2D eigenvalue weighted by Crippen LogP contribution is 2.40. The highest BCUT2D eigenvalue weighted by atomic mass is 19.4. The van der Waals surface area contributed by atoms with Gasteiger partial charge in [-0.1, -0.05) is 0 Å². The lowest BCUT2D eigenvalue weighted by atomic mass is 9.92. The van der Waals surface area contributed by atoms with E-state index in [0.29, 0.717) is 28.8 Å². The molecule has 1 heterocycles. The van der Waals surface area contributed by atoms with Crippen LogP contribution in [0, 0.1) is 0 Å². The third kappa shape index (κ3) is 2.82. The second kappa shape index (κ2) is 6.02. The number of aromatic nitrogens is 4. The molecular weight excluding hydrogens is 329 g/mol. The van der Waals surface area contributed by atoms with Crippen molar-refractivity contribution in [1.82, 2.24) is 20.2 Å². The van der Waals surface area contributed by atoms with Crippen LogP contribution in [0.3, 0.4) is 0 Å². The number of aliphatic hydroxyl groups excluding tert-OH is 2. The van der Waals surface area contributed by atoms with E-state index in [1.54, 1.807) is 0 Å². The minimum atomic E-state index is -4.71. The molecule has 1 aromatic carbocycles. The van der Waals surface area contributed by atoms with Crippen molar-refractivity contribution in [3.63, 3.8) is 0 Å². The van der Waals surface area contributed by atoms with E-state index in [9.17, 15) is 23.4 Å². The fourth-order valence-electron chi connectivity index (χ4n) is 3.02. The van der Waals surface area contributed by atoms with Gasteiger partial charge in [0, 0.05) is 11.5 Å². The van der Waals surface area contributed by atoms with Crippen LogP contribution in [0.5, 0.6) is 5.75 Å². The summed E-state index contributed by atoms with van der Waals surface area (Å²) in [7, 11) is 1.41. The lowest BCUT2D eigenvalue weighted by molar-refractivity contribution is -0.146. The van der Waals surface area contributed by atoms with E-state index >= 15 is 0 Å². The standard InChI is InChI=1S/C14H15F3N4O3/c1-24-11-5-2-7(21-13(14(15,16)17)18-19-20-21)6-8(11)12-9(22)3-4-10(12)23/h2,5-6,9-10,12,22-23H,3-4H2,1H3. The molecule has 2 aromatic rings. The van der Waals surface area contributed by atoms with E-state index in [2.05, 4.69) is 15.5 Å². The predicted octanol–water partition coefficient (Wildman–Crippen LogP) is 1.29. The normalized spacial score (nSPS) is 24.3. The Morgan fingerprint density at radius 1 is 1.21 bits per heavy atom. The second-order valence-electron chi connectivity index (χ2n) is 5.58. The van der Waals surface area contributed by atoms with Crippen molar-refractivity contribution >= 4 is 0 Å². The van der Waals surface area contributed by atoms with Gasteiger partial charge in [0.2, 0.25) is 0 Å². The molecule has 1 saturated carbocycles. The molecular formula is C14H15F3N4O3. The molecule has 2 atom stereocenters. The number of benzene rings is 1. The molecule has 0 aliphatic heterocycles. The summed E-state index contributed by atoms with van der Waals surface area (Å²) < 4.78 is 44.7. The fraction of sp³-hybridized carbons (Fsp3) is 0.500. The molecule has 24 heavy (non-hydrogen) atoms. The Morgan fingerprint density at radius 3 is 2.46 bits per heavy atom. The summed E-state index contributed by atoms with van der Waals surface area (Å²) >= 11 is 0. The summed E-state index contributed by atoms with van der Waals surface area (Å²) in [5.74, 6) is -1.54. The number of alkyl halides is 3. The van der Waals surface area contributed by atoms with Crippen LogP contribution in [0.2, 0.25) is 0 Å². The number of halogens is 3. The molecule has 0 saturated heterocycles. The molecule has 2 unspecified atom stereocenters. The fourth-order valence-corrected chi connectivity index (χ4v) is 3.02. The van der Waals surface area contributed by atoms with Crippen LogP contribution < -0.4 is 4.74 Å². The van der Waals surface area contributed by atoms with Crippen molar-refractivity contribution in [2.45, 2.75) is 37.1 Å². The minimum Gasteiger partial charge on any atom is -0.496 e. The van der Waals surface area contributed by atoms with Gasteiger partial charge in [0.25, 0.3) is 5.82 Å². The van der Waals surface area contributed by atoms with Crippen molar-refractivity contribution in [3.8, 4) is 11.4 Å². The van der Waals surface area contributed by atoms with Crippen molar-refractivity contribution < 1.29 is 28.1 Å². The molecule has 0 amide bonds. The average molecular weight is 344 g/mol. The van der Waals surface area contributed by atoms with Crippen LogP contribution in [-0.4, -0.2) is 49.7 Å². The second-order valence-corrected chi connectivity index (χ2v) is 5.58. The number of methoxy groups -OCH3 is 1. The molecule has 1 aliphatic carbocycles. The van der Waals surface area contributed by atoms with Gasteiger partial charge in [-0.3, -0.25) is 0 Å². The summed E-state index contributed by atoms with van der Waals surface area (Å²) in [6.45, 7) is 0. The maximum absolute atomic E-state index is 13.0. The van der Waals surface area contributed by atoms with Gasteiger partial charge in [-0.25, -0.2) is 0 Å². The minimum absolute atomic E-state index is 0.0643. The lowest BCUT2D eigenvalue weighted by Gasteiger charge is -2.22. The Kier molecular flexibility index (Phi) is 4.18. The molecule has 1 fully saturated rings. The van der Waals surface area contributed by atoms with E-state index in [1.807, 2.05) is 0 Å². The quantitative estimate of drug-likeness (QED) is 0.872. The van der Waals surface area contributed by atoms with Crippen LogP contribution in [0.1, 0.15) is 30.1 Å². The van der Waals surface area contributed by atoms with Crippen LogP contribution in [-0.2, 0) is 6.18 Å². The van der Waals surface area contributed by atoms with Crippen LogP contribution >= 0.6 is 0 Å². The molecule has 0 radical (unpaired) electrons. The largest absolute Gasteiger partial charge is 0.496 e. The molecule has 0 spiro atoms. The first-order valence-electron chi connectivity index (χ1n) is 7.23. The predicted molar refractivity (Wildman–Crippen MR) is 74.7 cm³/mol. The van der Waals surface area contributed by atoms with Gasteiger partial charge >= 0.3 is 6.18 Å². The maximum atomic E-state index is 13.0. The first-order valence-corrected chi connectivity index (χ1v) is 7.23. The third-order valence-corrected chi connectivity index (χ3v) is 4.13. The van der Waals surface area contributed by atoms with E-state index in [0.717, 1.165) is 0 Å². The van der Waals surface area contributed by atoms with Gasteiger partial charge in [-0.2, -0.15) is 17.9 Å². The zero-order valence-electron chi connectivity index (χ0n) is 12.6. The van der Waals surface area contributed by atoms with Crippen molar-refractivity contribution in [3.05, 3.63) is 29.6 Å². The Morgan fingerprint density at radius 2 is 1.88 bits per heavy atom. The average Bonchev–Trinajstić information content (AvgIpc) is 3.14. The van der Waals surface area contributed by atoms with Gasteiger partial charge in [-0.05, 0) is 41.5 Å². The number of ether oxygens (including phenoxy) is 1. The Hall–Kier alpha value is -2.20. The van der Waals surface area contributed by atoms with Crippen molar-refractivity contribution in [2.24, 2.45) is 0 Å². The van der Waals surface area contributed by atoms with Crippen LogP contribution in [0.4, 0.5) is 13.2 Å². The van der Waals surface area contributed by atoms with Gasteiger partial charge in [0.15, 0.2) is 0 Å². The summed E-state index contributed by atoms with van der Waals surface area (Å²) in [6.07, 6.45) is -5.52. The summed E-state index contributed by atoms with van der Waals surface area (Å²) in [5.41, 5.74) is 0.477. The Bertz CT molecular complexity index is 724. The first-order chi connectivity index (χ1) is 11.3. The number of tetrazole rings is 1. The van der Waals surface area contributed by atoms with E-state index in [4.69, 9.17) is 4.74 Å². The number of nitrogens with zero attached hydrogens (tertiary/aromatic N) is 4. The SMILES string of the molecule is COc1ccc(-n2nnnc2C(F)(F)F)cc1C1C(O)CCC1O. The molecule has 0 bridgehead atoms. The molecule has 7 nitrogen and oxygen atoms in total. The Balaban J connectivity index is 2.09. The molecule has 2 N–H and O–H groups in total. The molecule has 1 aromatic heterocycles. The van der Waals surface area contributed by atoms with Crippen LogP contribution in [0.25, 0.3) is 5.69 Å². The van der Waals surface area contributed by atoms with Gasteiger partial charge < -0.3 is 14.9 Å². The van der Waals surface area contributed by atoms with Gasteiger partial charge in [0.1, 0.15) is 5.75 Å².